The molecule has 3 aliphatic rings. The number of Topliss-reactive ketones (excluding diaryl/α,β-unsaturated/α-hetero) is 1. The minimum Gasteiger partial charge on any atom is -0.326 e. The zero-order valence-electron chi connectivity index (χ0n) is 18.1. The van der Waals surface area contributed by atoms with Crippen molar-refractivity contribution in [1.82, 2.24) is 9.80 Å². The quantitative estimate of drug-likeness (QED) is 0.751. The van der Waals surface area contributed by atoms with Gasteiger partial charge in [-0.3, -0.25) is 14.5 Å². The van der Waals surface area contributed by atoms with E-state index in [0.717, 1.165) is 49.5 Å². The molecular weight excluding hydrogens is 386 g/mol. The average molecular weight is 418 g/mol. The fourth-order valence-corrected chi connectivity index (χ4v) is 5.37. The number of piperazine rings is 1. The molecule has 0 bridgehead atoms. The lowest BCUT2D eigenvalue weighted by Crippen LogP contribution is -2.48. The molecule has 1 aliphatic carbocycles. The zero-order chi connectivity index (χ0) is 21.2. The Morgan fingerprint density at radius 1 is 0.968 bits per heavy atom. The van der Waals surface area contributed by atoms with Crippen LogP contribution in [0, 0.1) is 0 Å². The minimum atomic E-state index is 0.0578. The number of benzene rings is 2. The van der Waals surface area contributed by atoms with E-state index in [1.54, 1.807) is 0 Å². The summed E-state index contributed by atoms with van der Waals surface area (Å²) in [5, 5.41) is 2.88. The number of ketones is 1. The third-order valence-corrected chi connectivity index (χ3v) is 7.16. The van der Waals surface area contributed by atoms with Crippen molar-refractivity contribution in [2.45, 2.75) is 44.6 Å². The number of amides is 1. The van der Waals surface area contributed by atoms with Gasteiger partial charge in [-0.05, 0) is 60.6 Å². The molecule has 1 fully saturated rings. The highest BCUT2D eigenvalue weighted by molar-refractivity contribution is 5.99. The fourth-order valence-electron chi connectivity index (χ4n) is 5.37. The monoisotopic (exact) mass is 417 g/mol. The van der Waals surface area contributed by atoms with Crippen LogP contribution in [0.3, 0.4) is 0 Å². The number of anilines is 1. The van der Waals surface area contributed by atoms with Gasteiger partial charge in [-0.15, -0.1) is 0 Å². The van der Waals surface area contributed by atoms with Crippen LogP contribution in [0.15, 0.2) is 42.5 Å². The number of rotatable bonds is 5. The van der Waals surface area contributed by atoms with Crippen LogP contribution in [0.2, 0.25) is 0 Å². The molecule has 0 saturated carbocycles. The van der Waals surface area contributed by atoms with Gasteiger partial charge in [0.05, 0.1) is 0 Å². The molecule has 0 radical (unpaired) electrons. The van der Waals surface area contributed by atoms with Crippen molar-refractivity contribution in [2.24, 2.45) is 0 Å². The molecule has 31 heavy (non-hydrogen) atoms. The fraction of sp³-hybridized carbons (Fsp3) is 0.462. The van der Waals surface area contributed by atoms with Gasteiger partial charge in [-0.2, -0.15) is 0 Å². The first-order valence-electron chi connectivity index (χ1n) is 11.7. The number of hydrogen-bond acceptors (Lipinski definition) is 4. The molecule has 2 aromatic carbocycles. The average Bonchev–Trinajstić information content (AvgIpc) is 2.82. The lowest BCUT2D eigenvalue weighted by molar-refractivity contribution is -0.116. The van der Waals surface area contributed by atoms with E-state index in [4.69, 9.17) is 0 Å². The summed E-state index contributed by atoms with van der Waals surface area (Å²) in [6.45, 7) is 5.03. The number of carbonyl (C=O) groups excluding carboxylic acids is 2. The molecule has 0 aromatic heterocycles. The number of nitrogens with one attached hydrogen (secondary N) is 1. The molecule has 1 saturated heterocycles. The van der Waals surface area contributed by atoms with Crippen LogP contribution in [-0.2, 0) is 17.6 Å². The van der Waals surface area contributed by atoms with E-state index in [-0.39, 0.29) is 11.7 Å². The second kappa shape index (κ2) is 8.93. The highest BCUT2D eigenvalue weighted by atomic mass is 16.1. The molecule has 1 atom stereocenters. The van der Waals surface area contributed by atoms with E-state index in [1.807, 2.05) is 18.2 Å². The van der Waals surface area contributed by atoms with Gasteiger partial charge in [0.25, 0.3) is 0 Å². The van der Waals surface area contributed by atoms with Gasteiger partial charge in [0.15, 0.2) is 5.78 Å². The van der Waals surface area contributed by atoms with Crippen LogP contribution >= 0.6 is 0 Å². The largest absolute Gasteiger partial charge is 0.326 e. The molecule has 5 heteroatoms. The minimum absolute atomic E-state index is 0.0578. The van der Waals surface area contributed by atoms with Crippen molar-refractivity contribution in [1.29, 1.82) is 0 Å². The Balaban J connectivity index is 1.13. The van der Waals surface area contributed by atoms with Gasteiger partial charge in [-0.25, -0.2) is 0 Å². The third kappa shape index (κ3) is 4.43. The molecule has 1 amide bonds. The van der Waals surface area contributed by atoms with Crippen LogP contribution in [0.25, 0.3) is 0 Å². The Labute approximate surface area is 184 Å². The standard InChI is InChI=1S/C26H31N3O2/c30-25(21-8-10-23-20(18-21)9-11-26(31)27-23)12-13-28-14-16-29(17-15-28)24-7-3-5-19-4-1-2-6-22(19)24/h1-2,4,6,8,10,18,24H,3,5,7,9,11-17H2,(H,27,31). The van der Waals surface area contributed by atoms with Crippen LogP contribution in [-0.4, -0.2) is 54.2 Å². The molecule has 1 N–H and O–H groups in total. The second-order valence-electron chi connectivity index (χ2n) is 9.08. The Kier molecular flexibility index (Phi) is 5.88. The van der Waals surface area contributed by atoms with Crippen LogP contribution in [0.5, 0.6) is 0 Å². The van der Waals surface area contributed by atoms with E-state index >= 15 is 0 Å². The Bertz CT molecular complexity index is 978. The van der Waals surface area contributed by atoms with E-state index in [1.165, 1.54) is 30.4 Å². The molecule has 1 unspecified atom stereocenters. The summed E-state index contributed by atoms with van der Waals surface area (Å²) in [4.78, 5) is 29.4. The summed E-state index contributed by atoms with van der Waals surface area (Å²) < 4.78 is 0. The molecule has 2 aliphatic heterocycles. The van der Waals surface area contributed by atoms with Crippen LogP contribution < -0.4 is 5.32 Å². The van der Waals surface area contributed by atoms with Crippen molar-refractivity contribution in [3.63, 3.8) is 0 Å². The van der Waals surface area contributed by atoms with Gasteiger partial charge in [0.1, 0.15) is 0 Å². The topological polar surface area (TPSA) is 52.7 Å². The van der Waals surface area contributed by atoms with Gasteiger partial charge in [0.2, 0.25) is 5.91 Å². The first-order chi connectivity index (χ1) is 15.2. The summed E-state index contributed by atoms with van der Waals surface area (Å²) in [5.41, 5.74) is 5.75. The van der Waals surface area contributed by atoms with Crippen LogP contribution in [0.1, 0.15) is 58.8 Å². The third-order valence-electron chi connectivity index (χ3n) is 7.16. The van der Waals surface area contributed by atoms with Crippen LogP contribution in [0.4, 0.5) is 5.69 Å². The maximum Gasteiger partial charge on any atom is 0.224 e. The van der Waals surface area contributed by atoms with E-state index < -0.39 is 0 Å². The van der Waals surface area contributed by atoms with E-state index in [9.17, 15) is 9.59 Å². The number of nitrogens with zero attached hydrogens (tertiary/aromatic N) is 2. The SMILES string of the molecule is O=C1CCc2cc(C(=O)CCN3CCN(C4CCCc5ccccc54)CC3)ccc2N1. The lowest BCUT2D eigenvalue weighted by Gasteiger charge is -2.41. The first kappa shape index (κ1) is 20.4. The number of aryl methyl sites for hydroxylation is 2. The van der Waals surface area contributed by atoms with Gasteiger partial charge >= 0.3 is 0 Å². The molecule has 0 spiro atoms. The molecular formula is C26H31N3O2. The highest BCUT2D eigenvalue weighted by Gasteiger charge is 2.28. The molecule has 2 aromatic rings. The maximum atomic E-state index is 12.8. The van der Waals surface area contributed by atoms with Crippen molar-refractivity contribution >= 4 is 17.4 Å². The summed E-state index contributed by atoms with van der Waals surface area (Å²) in [6, 6.07) is 15.2. The zero-order valence-corrected chi connectivity index (χ0v) is 18.1. The van der Waals surface area contributed by atoms with E-state index in [2.05, 4.69) is 39.4 Å². The number of fused-ring (bicyclic) bond motifs is 2. The molecule has 162 valence electrons. The predicted octanol–water partition coefficient (Wildman–Crippen LogP) is 3.84. The van der Waals surface area contributed by atoms with Gasteiger partial charge in [0, 0.05) is 62.9 Å². The van der Waals surface area contributed by atoms with Gasteiger partial charge < -0.3 is 10.2 Å². The van der Waals surface area contributed by atoms with Crippen molar-refractivity contribution < 1.29 is 9.59 Å². The Morgan fingerprint density at radius 2 is 1.81 bits per heavy atom. The molecule has 5 nitrogen and oxygen atoms in total. The normalized spacial score (nSPS) is 21.8. The summed E-state index contributed by atoms with van der Waals surface area (Å²) in [7, 11) is 0. The summed E-state index contributed by atoms with van der Waals surface area (Å²) in [6.07, 6.45) is 5.52. The highest BCUT2D eigenvalue weighted by Crippen LogP contribution is 2.34. The Hall–Kier alpha value is -2.50. The molecule has 2 heterocycles. The van der Waals surface area contributed by atoms with E-state index in [0.29, 0.717) is 25.3 Å². The predicted molar refractivity (Wildman–Crippen MR) is 122 cm³/mol. The van der Waals surface area contributed by atoms with Crippen molar-refractivity contribution in [3.05, 3.63) is 64.7 Å². The molecule has 5 rings (SSSR count). The lowest BCUT2D eigenvalue weighted by atomic mass is 9.86. The summed E-state index contributed by atoms with van der Waals surface area (Å²) >= 11 is 0. The van der Waals surface area contributed by atoms with Crippen molar-refractivity contribution in [2.75, 3.05) is 38.0 Å². The first-order valence-corrected chi connectivity index (χ1v) is 11.7. The van der Waals surface area contributed by atoms with Crippen molar-refractivity contribution in [3.8, 4) is 0 Å². The Morgan fingerprint density at radius 3 is 2.68 bits per heavy atom. The van der Waals surface area contributed by atoms with Gasteiger partial charge in [-0.1, -0.05) is 24.3 Å². The smallest absolute Gasteiger partial charge is 0.224 e. The number of hydrogen-bond donors (Lipinski definition) is 1. The summed E-state index contributed by atoms with van der Waals surface area (Å²) in [5.74, 6) is 0.255. The maximum absolute atomic E-state index is 12.8. The number of carbonyl (C=O) groups is 2. The second-order valence-corrected chi connectivity index (χ2v) is 9.08.